The molecule has 2 N–H and O–H groups in total. The summed E-state index contributed by atoms with van der Waals surface area (Å²) >= 11 is 0. The number of carbonyl (C=O) groups is 1. The van der Waals surface area contributed by atoms with Crippen LogP contribution in [0.15, 0.2) is 18.3 Å². The quantitative estimate of drug-likeness (QED) is 0.842. The molecule has 1 unspecified atom stereocenters. The minimum atomic E-state index is 0.00600. The summed E-state index contributed by atoms with van der Waals surface area (Å²) in [7, 11) is 2.13. The van der Waals surface area contributed by atoms with E-state index in [9.17, 15) is 4.79 Å². The van der Waals surface area contributed by atoms with Gasteiger partial charge in [-0.2, -0.15) is 0 Å². The first-order chi connectivity index (χ1) is 10.7. The van der Waals surface area contributed by atoms with Gasteiger partial charge in [0.05, 0.1) is 0 Å². The average molecular weight is 303 g/mol. The van der Waals surface area contributed by atoms with Crippen molar-refractivity contribution < 1.29 is 4.79 Å². The Balaban J connectivity index is 1.63. The lowest BCUT2D eigenvalue weighted by atomic mass is 10.1. The fraction of sp³-hybridized carbons (Fsp3) is 0.625. The lowest BCUT2D eigenvalue weighted by Gasteiger charge is -2.33. The van der Waals surface area contributed by atoms with E-state index in [0.717, 1.165) is 57.9 Å². The molecular weight excluding hydrogens is 278 g/mol. The summed E-state index contributed by atoms with van der Waals surface area (Å²) in [5.74, 6) is 0.911. The second-order valence-corrected chi connectivity index (χ2v) is 6.21. The normalized spacial score (nSPS) is 23.3. The number of hydrogen-bond acceptors (Lipinski definition) is 5. The number of rotatable bonds is 3. The number of amides is 1. The van der Waals surface area contributed by atoms with Gasteiger partial charge in [-0.25, -0.2) is 4.98 Å². The molecule has 1 aromatic heterocycles. The van der Waals surface area contributed by atoms with Crippen molar-refractivity contribution in [2.75, 3.05) is 51.2 Å². The third-order valence-corrected chi connectivity index (χ3v) is 4.47. The minimum absolute atomic E-state index is 0.00600. The minimum Gasteiger partial charge on any atom is -0.354 e. The van der Waals surface area contributed by atoms with Gasteiger partial charge in [0.25, 0.3) is 5.91 Å². The Hall–Kier alpha value is -1.66. The van der Waals surface area contributed by atoms with Crippen molar-refractivity contribution in [1.82, 2.24) is 20.5 Å². The SMILES string of the molecule is CN1CCN(c2cc(C(=O)NC3CCCNC3)ccn2)CC1. The van der Waals surface area contributed by atoms with Gasteiger partial charge >= 0.3 is 0 Å². The molecule has 6 nitrogen and oxygen atoms in total. The number of hydrogen-bond donors (Lipinski definition) is 2. The Kier molecular flexibility index (Phi) is 4.90. The number of nitrogens with one attached hydrogen (secondary N) is 2. The van der Waals surface area contributed by atoms with Gasteiger partial charge in [-0.15, -0.1) is 0 Å². The molecule has 0 aromatic carbocycles. The van der Waals surface area contributed by atoms with Gasteiger partial charge < -0.3 is 20.4 Å². The molecule has 2 aliphatic heterocycles. The molecule has 6 heteroatoms. The molecule has 1 aromatic rings. The number of likely N-dealkylation sites (N-methyl/N-ethyl adjacent to an activating group) is 1. The second kappa shape index (κ2) is 7.07. The molecule has 1 atom stereocenters. The Bertz CT molecular complexity index is 507. The topological polar surface area (TPSA) is 60.5 Å². The predicted octanol–water partition coefficient (Wildman–Crippen LogP) is 0.315. The highest BCUT2D eigenvalue weighted by Crippen LogP contribution is 2.15. The van der Waals surface area contributed by atoms with Gasteiger partial charge in [-0.05, 0) is 38.6 Å². The number of aromatic nitrogens is 1. The van der Waals surface area contributed by atoms with Gasteiger partial charge in [-0.3, -0.25) is 4.79 Å². The Morgan fingerprint density at radius 2 is 2.18 bits per heavy atom. The lowest BCUT2D eigenvalue weighted by Crippen LogP contribution is -2.46. The predicted molar refractivity (Wildman–Crippen MR) is 87.3 cm³/mol. The molecular formula is C16H25N5O. The van der Waals surface area contributed by atoms with Gasteiger partial charge in [0.2, 0.25) is 0 Å². The average Bonchev–Trinajstić information content (AvgIpc) is 2.56. The van der Waals surface area contributed by atoms with Crippen LogP contribution in [-0.4, -0.2) is 68.1 Å². The van der Waals surface area contributed by atoms with Crippen molar-refractivity contribution >= 4 is 11.7 Å². The number of piperazine rings is 1. The van der Waals surface area contributed by atoms with Crippen LogP contribution in [0.25, 0.3) is 0 Å². The smallest absolute Gasteiger partial charge is 0.251 e. The van der Waals surface area contributed by atoms with Gasteiger partial charge in [0, 0.05) is 50.5 Å². The molecule has 0 spiro atoms. The maximum atomic E-state index is 12.4. The van der Waals surface area contributed by atoms with Crippen molar-refractivity contribution in [1.29, 1.82) is 0 Å². The largest absolute Gasteiger partial charge is 0.354 e. The summed E-state index contributed by atoms with van der Waals surface area (Å²) in [5.41, 5.74) is 0.703. The zero-order valence-electron chi connectivity index (χ0n) is 13.2. The van der Waals surface area contributed by atoms with Crippen LogP contribution < -0.4 is 15.5 Å². The monoisotopic (exact) mass is 303 g/mol. The number of carbonyl (C=O) groups excluding carboxylic acids is 1. The van der Waals surface area contributed by atoms with Crippen LogP contribution >= 0.6 is 0 Å². The fourth-order valence-electron chi connectivity index (χ4n) is 3.01. The maximum Gasteiger partial charge on any atom is 0.251 e. The fourth-order valence-corrected chi connectivity index (χ4v) is 3.01. The van der Waals surface area contributed by atoms with E-state index in [1.807, 2.05) is 6.07 Å². The first-order valence-electron chi connectivity index (χ1n) is 8.13. The van der Waals surface area contributed by atoms with Crippen LogP contribution in [0.3, 0.4) is 0 Å². The molecule has 0 bridgehead atoms. The highest BCUT2D eigenvalue weighted by atomic mass is 16.1. The number of nitrogens with zero attached hydrogens (tertiary/aromatic N) is 3. The Morgan fingerprint density at radius 3 is 2.91 bits per heavy atom. The van der Waals surface area contributed by atoms with Crippen molar-refractivity contribution in [3.05, 3.63) is 23.9 Å². The van der Waals surface area contributed by atoms with Crippen LogP contribution in [-0.2, 0) is 0 Å². The number of pyridine rings is 1. The van der Waals surface area contributed by atoms with Crippen LogP contribution in [0.5, 0.6) is 0 Å². The van der Waals surface area contributed by atoms with E-state index in [1.165, 1.54) is 0 Å². The van der Waals surface area contributed by atoms with E-state index >= 15 is 0 Å². The van der Waals surface area contributed by atoms with Gasteiger partial charge in [0.15, 0.2) is 0 Å². The number of piperidine rings is 1. The third-order valence-electron chi connectivity index (χ3n) is 4.47. The Morgan fingerprint density at radius 1 is 1.36 bits per heavy atom. The van der Waals surface area contributed by atoms with E-state index in [2.05, 4.69) is 32.5 Å². The zero-order chi connectivity index (χ0) is 15.4. The molecule has 0 aliphatic carbocycles. The molecule has 22 heavy (non-hydrogen) atoms. The maximum absolute atomic E-state index is 12.4. The molecule has 2 fully saturated rings. The van der Waals surface area contributed by atoms with E-state index in [-0.39, 0.29) is 11.9 Å². The van der Waals surface area contributed by atoms with E-state index in [4.69, 9.17) is 0 Å². The highest BCUT2D eigenvalue weighted by Gasteiger charge is 2.19. The lowest BCUT2D eigenvalue weighted by molar-refractivity contribution is 0.0930. The van der Waals surface area contributed by atoms with Crippen molar-refractivity contribution in [2.24, 2.45) is 0 Å². The van der Waals surface area contributed by atoms with Crippen LogP contribution in [0, 0.1) is 0 Å². The summed E-state index contributed by atoms with van der Waals surface area (Å²) in [5, 5.41) is 6.44. The third kappa shape index (κ3) is 3.75. The molecule has 2 aliphatic rings. The van der Waals surface area contributed by atoms with E-state index in [1.54, 1.807) is 12.3 Å². The van der Waals surface area contributed by atoms with E-state index in [0.29, 0.717) is 5.56 Å². The standard InChI is InChI=1S/C16H25N5O/c1-20-7-9-21(10-8-20)15-11-13(4-6-18-15)16(22)19-14-3-2-5-17-12-14/h4,6,11,14,17H,2-3,5,7-10,12H2,1H3,(H,19,22). The molecule has 2 saturated heterocycles. The molecule has 0 radical (unpaired) electrons. The molecule has 3 heterocycles. The van der Waals surface area contributed by atoms with Crippen LogP contribution in [0.1, 0.15) is 23.2 Å². The van der Waals surface area contributed by atoms with Gasteiger partial charge in [-0.1, -0.05) is 0 Å². The molecule has 0 saturated carbocycles. The molecule has 3 rings (SSSR count). The van der Waals surface area contributed by atoms with Gasteiger partial charge in [0.1, 0.15) is 5.82 Å². The zero-order valence-corrected chi connectivity index (χ0v) is 13.2. The van der Waals surface area contributed by atoms with Crippen molar-refractivity contribution in [3.8, 4) is 0 Å². The van der Waals surface area contributed by atoms with Crippen LogP contribution in [0.4, 0.5) is 5.82 Å². The molecule has 1 amide bonds. The first-order valence-corrected chi connectivity index (χ1v) is 8.13. The Labute approximate surface area is 131 Å². The summed E-state index contributed by atoms with van der Waals surface area (Å²) in [6, 6.07) is 3.95. The van der Waals surface area contributed by atoms with Crippen molar-refractivity contribution in [3.63, 3.8) is 0 Å². The summed E-state index contributed by atoms with van der Waals surface area (Å²) in [4.78, 5) is 21.4. The summed E-state index contributed by atoms with van der Waals surface area (Å²) in [6.07, 6.45) is 3.91. The highest BCUT2D eigenvalue weighted by molar-refractivity contribution is 5.95. The van der Waals surface area contributed by atoms with Crippen LogP contribution in [0.2, 0.25) is 0 Å². The first kappa shape index (κ1) is 15.2. The number of anilines is 1. The summed E-state index contributed by atoms with van der Waals surface area (Å²) in [6.45, 7) is 5.90. The summed E-state index contributed by atoms with van der Waals surface area (Å²) < 4.78 is 0. The molecule has 120 valence electrons. The van der Waals surface area contributed by atoms with E-state index < -0.39 is 0 Å². The van der Waals surface area contributed by atoms with Crippen molar-refractivity contribution in [2.45, 2.75) is 18.9 Å². The second-order valence-electron chi connectivity index (χ2n) is 6.21.